The molecule has 0 N–H and O–H groups in total. The molecule has 0 aliphatic heterocycles. The van der Waals surface area contributed by atoms with Crippen LogP contribution in [0.4, 0.5) is 5.13 Å². The van der Waals surface area contributed by atoms with Gasteiger partial charge in [-0.25, -0.2) is 4.98 Å². The minimum absolute atomic E-state index is 0.114. The molecule has 6 heteroatoms. The number of carbonyl (C=O) groups is 1. The summed E-state index contributed by atoms with van der Waals surface area (Å²) in [5.74, 6) is 0.595. The third-order valence-corrected chi connectivity index (χ3v) is 5.61. The Labute approximate surface area is 172 Å². The van der Waals surface area contributed by atoms with Crippen LogP contribution in [0, 0.1) is 0 Å². The number of nitrogens with zero attached hydrogens (tertiary/aromatic N) is 2. The number of thiazole rings is 1. The predicted molar refractivity (Wildman–Crippen MR) is 115 cm³/mol. The number of benzene rings is 3. The van der Waals surface area contributed by atoms with Crippen LogP contribution in [0.15, 0.2) is 72.8 Å². The maximum atomic E-state index is 13.3. The van der Waals surface area contributed by atoms with E-state index in [9.17, 15) is 4.79 Å². The molecule has 0 saturated heterocycles. The van der Waals surface area contributed by atoms with E-state index in [0.29, 0.717) is 28.0 Å². The Kier molecular flexibility index (Phi) is 5.28. The largest absolute Gasteiger partial charge is 0.497 e. The van der Waals surface area contributed by atoms with Crippen LogP contribution >= 0.6 is 22.9 Å². The van der Waals surface area contributed by atoms with Gasteiger partial charge in [-0.2, -0.15) is 0 Å². The first kappa shape index (κ1) is 18.5. The van der Waals surface area contributed by atoms with Crippen molar-refractivity contribution in [3.8, 4) is 5.75 Å². The highest BCUT2D eigenvalue weighted by atomic mass is 35.5. The number of rotatable bonds is 5. The second kappa shape index (κ2) is 8.00. The van der Waals surface area contributed by atoms with E-state index in [-0.39, 0.29) is 5.91 Å². The average Bonchev–Trinajstić information content (AvgIpc) is 3.15. The summed E-state index contributed by atoms with van der Waals surface area (Å²) in [5.41, 5.74) is 2.43. The number of hydrogen-bond donors (Lipinski definition) is 0. The van der Waals surface area contributed by atoms with E-state index in [1.54, 1.807) is 42.3 Å². The molecule has 0 atom stereocenters. The van der Waals surface area contributed by atoms with Gasteiger partial charge in [0.25, 0.3) is 5.91 Å². The Morgan fingerprint density at radius 1 is 1.07 bits per heavy atom. The standard InChI is InChI=1S/C22H17ClN2O2S/c1-27-18-10-7-16(8-11-18)21(26)25(14-15-5-3-2-4-6-15)22-24-19-12-9-17(23)13-20(19)28-22/h2-13H,14H2,1H3. The van der Waals surface area contributed by atoms with Gasteiger partial charge in [-0.05, 0) is 48.0 Å². The Balaban J connectivity index is 1.74. The molecular formula is C22H17ClN2O2S. The number of aromatic nitrogens is 1. The summed E-state index contributed by atoms with van der Waals surface area (Å²) >= 11 is 7.57. The molecule has 1 amide bonds. The first-order valence-electron chi connectivity index (χ1n) is 8.70. The third-order valence-electron chi connectivity index (χ3n) is 4.34. The molecule has 4 aromatic rings. The molecular weight excluding hydrogens is 392 g/mol. The van der Waals surface area contributed by atoms with Gasteiger partial charge in [-0.3, -0.25) is 9.69 Å². The van der Waals surface area contributed by atoms with E-state index in [1.165, 1.54) is 11.3 Å². The highest BCUT2D eigenvalue weighted by Crippen LogP contribution is 2.32. The van der Waals surface area contributed by atoms with E-state index in [0.717, 1.165) is 15.8 Å². The number of anilines is 1. The van der Waals surface area contributed by atoms with Crippen molar-refractivity contribution in [1.82, 2.24) is 4.98 Å². The van der Waals surface area contributed by atoms with Crippen LogP contribution in [-0.4, -0.2) is 18.0 Å². The van der Waals surface area contributed by atoms with Crippen molar-refractivity contribution in [3.63, 3.8) is 0 Å². The molecule has 3 aromatic carbocycles. The monoisotopic (exact) mass is 408 g/mol. The van der Waals surface area contributed by atoms with E-state index in [2.05, 4.69) is 4.98 Å². The number of methoxy groups -OCH3 is 1. The average molecular weight is 409 g/mol. The normalized spacial score (nSPS) is 10.8. The summed E-state index contributed by atoms with van der Waals surface area (Å²) in [6, 6.07) is 22.5. The minimum atomic E-state index is -0.114. The maximum absolute atomic E-state index is 13.3. The quantitative estimate of drug-likeness (QED) is 0.418. The molecule has 1 heterocycles. The molecule has 140 valence electrons. The summed E-state index contributed by atoms with van der Waals surface area (Å²) < 4.78 is 6.14. The molecule has 28 heavy (non-hydrogen) atoms. The Bertz CT molecular complexity index is 1110. The van der Waals surface area contributed by atoms with Crippen molar-refractivity contribution < 1.29 is 9.53 Å². The van der Waals surface area contributed by atoms with E-state index in [1.807, 2.05) is 42.5 Å². The van der Waals surface area contributed by atoms with Gasteiger partial charge < -0.3 is 4.74 Å². The molecule has 4 nitrogen and oxygen atoms in total. The Hall–Kier alpha value is -2.89. The SMILES string of the molecule is COc1ccc(C(=O)N(Cc2ccccc2)c2nc3ccc(Cl)cc3s2)cc1. The second-order valence-electron chi connectivity index (χ2n) is 6.21. The van der Waals surface area contributed by atoms with Crippen LogP contribution in [0.2, 0.25) is 5.02 Å². The van der Waals surface area contributed by atoms with Gasteiger partial charge in [0, 0.05) is 10.6 Å². The molecule has 0 aliphatic carbocycles. The smallest absolute Gasteiger partial charge is 0.260 e. The third kappa shape index (κ3) is 3.86. The van der Waals surface area contributed by atoms with E-state index in [4.69, 9.17) is 16.3 Å². The molecule has 0 radical (unpaired) electrons. The number of amides is 1. The molecule has 4 rings (SSSR count). The summed E-state index contributed by atoms with van der Waals surface area (Å²) in [5, 5.41) is 1.29. The van der Waals surface area contributed by atoms with E-state index < -0.39 is 0 Å². The van der Waals surface area contributed by atoms with Crippen LogP contribution in [0.3, 0.4) is 0 Å². The molecule has 0 bridgehead atoms. The second-order valence-corrected chi connectivity index (χ2v) is 7.66. The first-order valence-corrected chi connectivity index (χ1v) is 9.89. The van der Waals surface area contributed by atoms with Crippen LogP contribution in [0.1, 0.15) is 15.9 Å². The lowest BCUT2D eigenvalue weighted by Crippen LogP contribution is -2.30. The highest BCUT2D eigenvalue weighted by Gasteiger charge is 2.22. The summed E-state index contributed by atoms with van der Waals surface area (Å²) in [4.78, 5) is 19.7. The van der Waals surface area contributed by atoms with Crippen molar-refractivity contribution >= 4 is 44.2 Å². The van der Waals surface area contributed by atoms with Gasteiger partial charge in [-0.1, -0.05) is 53.3 Å². The fraction of sp³-hybridized carbons (Fsp3) is 0.0909. The molecule has 0 fully saturated rings. The molecule has 0 unspecified atom stereocenters. The number of hydrogen-bond acceptors (Lipinski definition) is 4. The topological polar surface area (TPSA) is 42.4 Å². The zero-order chi connectivity index (χ0) is 19.5. The Morgan fingerprint density at radius 3 is 2.54 bits per heavy atom. The highest BCUT2D eigenvalue weighted by molar-refractivity contribution is 7.22. The predicted octanol–water partition coefficient (Wildman–Crippen LogP) is 5.81. The van der Waals surface area contributed by atoms with Crippen LogP contribution < -0.4 is 9.64 Å². The molecule has 0 spiro atoms. The summed E-state index contributed by atoms with van der Waals surface area (Å²) in [6.07, 6.45) is 0. The summed E-state index contributed by atoms with van der Waals surface area (Å²) in [7, 11) is 1.60. The maximum Gasteiger partial charge on any atom is 0.260 e. The van der Waals surface area contributed by atoms with Crippen LogP contribution in [0.25, 0.3) is 10.2 Å². The van der Waals surface area contributed by atoms with Crippen molar-refractivity contribution in [2.75, 3.05) is 12.0 Å². The van der Waals surface area contributed by atoms with Gasteiger partial charge in [0.15, 0.2) is 5.13 Å². The zero-order valence-corrected chi connectivity index (χ0v) is 16.7. The molecule has 1 aromatic heterocycles. The number of halogens is 1. The van der Waals surface area contributed by atoms with Crippen molar-refractivity contribution in [2.24, 2.45) is 0 Å². The van der Waals surface area contributed by atoms with Gasteiger partial charge in [-0.15, -0.1) is 0 Å². The van der Waals surface area contributed by atoms with Crippen LogP contribution in [0.5, 0.6) is 5.75 Å². The Morgan fingerprint density at radius 2 is 1.82 bits per heavy atom. The van der Waals surface area contributed by atoms with E-state index >= 15 is 0 Å². The van der Waals surface area contributed by atoms with Gasteiger partial charge in [0.05, 0.1) is 23.9 Å². The van der Waals surface area contributed by atoms with Gasteiger partial charge in [0.2, 0.25) is 0 Å². The fourth-order valence-corrected chi connectivity index (χ4v) is 4.12. The molecule has 0 aliphatic rings. The van der Waals surface area contributed by atoms with Gasteiger partial charge >= 0.3 is 0 Å². The van der Waals surface area contributed by atoms with Crippen molar-refractivity contribution in [2.45, 2.75) is 6.54 Å². The minimum Gasteiger partial charge on any atom is -0.497 e. The van der Waals surface area contributed by atoms with Crippen LogP contribution in [-0.2, 0) is 6.54 Å². The van der Waals surface area contributed by atoms with Crippen molar-refractivity contribution in [1.29, 1.82) is 0 Å². The fourth-order valence-electron chi connectivity index (χ4n) is 2.88. The van der Waals surface area contributed by atoms with Crippen molar-refractivity contribution in [3.05, 3.63) is 88.9 Å². The lowest BCUT2D eigenvalue weighted by atomic mass is 10.1. The number of fused-ring (bicyclic) bond motifs is 1. The van der Waals surface area contributed by atoms with Gasteiger partial charge in [0.1, 0.15) is 5.75 Å². The molecule has 0 saturated carbocycles. The number of ether oxygens (including phenoxy) is 1. The lowest BCUT2D eigenvalue weighted by molar-refractivity contribution is 0.0985. The summed E-state index contributed by atoms with van der Waals surface area (Å²) in [6.45, 7) is 0.430. The lowest BCUT2D eigenvalue weighted by Gasteiger charge is -2.20. The number of carbonyl (C=O) groups excluding carboxylic acids is 1. The zero-order valence-electron chi connectivity index (χ0n) is 15.1. The first-order chi connectivity index (χ1) is 13.6.